The Hall–Kier alpha value is -1.89. The third-order valence-electron chi connectivity index (χ3n) is 4.94. The van der Waals surface area contributed by atoms with Gasteiger partial charge in [0.1, 0.15) is 0 Å². The van der Waals surface area contributed by atoms with E-state index in [2.05, 4.69) is 51.5 Å². The summed E-state index contributed by atoms with van der Waals surface area (Å²) in [6.45, 7) is 9.51. The van der Waals surface area contributed by atoms with Crippen molar-refractivity contribution < 1.29 is 9.53 Å². The van der Waals surface area contributed by atoms with Crippen LogP contribution in [0.5, 0.6) is 0 Å². The van der Waals surface area contributed by atoms with Crippen molar-refractivity contribution in [1.82, 2.24) is 20.0 Å². The molecule has 2 aliphatic rings. The maximum atomic E-state index is 12.3. The third kappa shape index (κ3) is 6.12. The molecule has 2 fully saturated rings. The quantitative estimate of drug-likeness (QED) is 0.834. The lowest BCUT2D eigenvalue weighted by molar-refractivity contribution is 0.0385. The second-order valence-electron chi connectivity index (χ2n) is 6.79. The average Bonchev–Trinajstić information content (AvgIpc) is 2.70. The van der Waals surface area contributed by atoms with Gasteiger partial charge in [-0.15, -0.1) is 0 Å². The number of nitrogens with one attached hydrogen (secondary N) is 1. The summed E-state index contributed by atoms with van der Waals surface area (Å²) in [7, 11) is 0. The lowest BCUT2D eigenvalue weighted by Gasteiger charge is -2.34. The van der Waals surface area contributed by atoms with Gasteiger partial charge in [-0.1, -0.05) is 42.5 Å². The largest absolute Gasteiger partial charge is 0.379 e. The molecule has 0 aliphatic carbocycles. The van der Waals surface area contributed by atoms with Crippen molar-refractivity contribution in [2.45, 2.75) is 0 Å². The first-order chi connectivity index (χ1) is 12.8. The van der Waals surface area contributed by atoms with Gasteiger partial charge in [0.25, 0.3) is 0 Å². The van der Waals surface area contributed by atoms with Crippen molar-refractivity contribution in [1.29, 1.82) is 0 Å². The number of hydrogen-bond donors (Lipinski definition) is 1. The van der Waals surface area contributed by atoms with Crippen LogP contribution in [0.25, 0.3) is 6.08 Å². The SMILES string of the molecule is O=C(NCCN1CCOCC1)N1CCN(C/C=C/c2ccccc2)CC1. The van der Waals surface area contributed by atoms with Crippen LogP contribution >= 0.6 is 0 Å². The molecule has 1 aromatic carbocycles. The van der Waals surface area contributed by atoms with Crippen molar-refractivity contribution in [3.63, 3.8) is 0 Å². The van der Waals surface area contributed by atoms with E-state index in [1.165, 1.54) is 5.56 Å². The number of urea groups is 1. The lowest BCUT2D eigenvalue weighted by atomic mass is 10.2. The number of piperazine rings is 1. The van der Waals surface area contributed by atoms with Gasteiger partial charge in [0.2, 0.25) is 0 Å². The number of hydrogen-bond acceptors (Lipinski definition) is 4. The Morgan fingerprint density at radius 2 is 1.73 bits per heavy atom. The molecule has 0 spiro atoms. The fourth-order valence-corrected chi connectivity index (χ4v) is 3.29. The number of benzene rings is 1. The highest BCUT2D eigenvalue weighted by atomic mass is 16.5. The standard InChI is InChI=1S/C20H30N4O2/c25-20(21-8-10-23-15-17-26-18-16-23)24-13-11-22(12-14-24)9-4-7-19-5-2-1-3-6-19/h1-7H,8-18H2,(H,21,25)/b7-4+. The molecule has 2 amide bonds. The number of ether oxygens (including phenoxy) is 1. The Kier molecular flexibility index (Phi) is 7.49. The fourth-order valence-electron chi connectivity index (χ4n) is 3.29. The number of carbonyl (C=O) groups excluding carboxylic acids is 1. The first-order valence-corrected chi connectivity index (χ1v) is 9.58. The van der Waals surface area contributed by atoms with Gasteiger partial charge in [0.05, 0.1) is 13.2 Å². The zero-order chi connectivity index (χ0) is 18.0. The molecule has 1 aromatic rings. The molecule has 0 atom stereocenters. The van der Waals surface area contributed by atoms with Crippen LogP contribution in [0, 0.1) is 0 Å². The van der Waals surface area contributed by atoms with Crippen LogP contribution in [0.1, 0.15) is 5.56 Å². The molecule has 2 heterocycles. The van der Waals surface area contributed by atoms with Crippen LogP contribution in [0.2, 0.25) is 0 Å². The van der Waals surface area contributed by atoms with E-state index < -0.39 is 0 Å². The van der Waals surface area contributed by atoms with E-state index >= 15 is 0 Å². The van der Waals surface area contributed by atoms with Crippen molar-refractivity contribution in [3.8, 4) is 0 Å². The topological polar surface area (TPSA) is 48.1 Å². The van der Waals surface area contributed by atoms with E-state index in [-0.39, 0.29) is 6.03 Å². The summed E-state index contributed by atoms with van der Waals surface area (Å²) in [6, 6.07) is 10.4. The van der Waals surface area contributed by atoms with Crippen LogP contribution in [0.4, 0.5) is 4.79 Å². The minimum atomic E-state index is 0.0673. The zero-order valence-electron chi connectivity index (χ0n) is 15.5. The first-order valence-electron chi connectivity index (χ1n) is 9.58. The highest BCUT2D eigenvalue weighted by Crippen LogP contribution is 2.05. The van der Waals surface area contributed by atoms with Crippen molar-refractivity contribution in [3.05, 3.63) is 42.0 Å². The van der Waals surface area contributed by atoms with Crippen LogP contribution in [0.15, 0.2) is 36.4 Å². The molecule has 142 valence electrons. The molecule has 0 aromatic heterocycles. The normalized spacial score (nSPS) is 19.8. The summed E-state index contributed by atoms with van der Waals surface area (Å²) < 4.78 is 5.34. The first kappa shape index (κ1) is 18.9. The molecule has 0 unspecified atom stereocenters. The Balaban J connectivity index is 1.30. The summed E-state index contributed by atoms with van der Waals surface area (Å²) in [5, 5.41) is 3.05. The molecule has 3 rings (SSSR count). The number of amides is 2. The van der Waals surface area contributed by atoms with E-state index in [9.17, 15) is 4.79 Å². The average molecular weight is 358 g/mol. The molecule has 2 saturated heterocycles. The monoisotopic (exact) mass is 358 g/mol. The number of rotatable bonds is 6. The maximum absolute atomic E-state index is 12.3. The van der Waals surface area contributed by atoms with E-state index in [0.29, 0.717) is 6.54 Å². The zero-order valence-corrected chi connectivity index (χ0v) is 15.5. The van der Waals surface area contributed by atoms with Crippen LogP contribution in [0.3, 0.4) is 0 Å². The summed E-state index contributed by atoms with van der Waals surface area (Å²) in [5.41, 5.74) is 1.23. The number of nitrogens with zero attached hydrogens (tertiary/aromatic N) is 3. The Morgan fingerprint density at radius 1 is 1.00 bits per heavy atom. The predicted octanol–water partition coefficient (Wildman–Crippen LogP) is 1.36. The maximum Gasteiger partial charge on any atom is 0.317 e. The van der Waals surface area contributed by atoms with E-state index in [1.54, 1.807) is 0 Å². The van der Waals surface area contributed by atoms with E-state index in [4.69, 9.17) is 4.74 Å². The number of carbonyl (C=O) groups is 1. The second kappa shape index (κ2) is 10.3. The Labute approximate surface area is 156 Å². The van der Waals surface area contributed by atoms with Gasteiger partial charge in [-0.2, -0.15) is 0 Å². The Morgan fingerprint density at radius 3 is 2.46 bits per heavy atom. The minimum Gasteiger partial charge on any atom is -0.379 e. The van der Waals surface area contributed by atoms with Gasteiger partial charge in [0, 0.05) is 58.9 Å². The predicted molar refractivity (Wildman–Crippen MR) is 104 cm³/mol. The Bertz CT molecular complexity index is 564. The molecule has 0 bridgehead atoms. The molecule has 0 saturated carbocycles. The van der Waals surface area contributed by atoms with Crippen molar-refractivity contribution in [2.24, 2.45) is 0 Å². The highest BCUT2D eigenvalue weighted by molar-refractivity contribution is 5.74. The van der Waals surface area contributed by atoms with Crippen molar-refractivity contribution in [2.75, 3.05) is 72.1 Å². The molecule has 1 N–H and O–H groups in total. The molecule has 26 heavy (non-hydrogen) atoms. The number of morpholine rings is 1. The molecule has 2 aliphatic heterocycles. The van der Waals surface area contributed by atoms with E-state index in [1.807, 2.05) is 11.0 Å². The minimum absolute atomic E-state index is 0.0673. The van der Waals surface area contributed by atoms with Crippen LogP contribution in [-0.4, -0.2) is 92.8 Å². The smallest absolute Gasteiger partial charge is 0.317 e. The van der Waals surface area contributed by atoms with Crippen molar-refractivity contribution >= 4 is 12.1 Å². The van der Waals surface area contributed by atoms with Crippen LogP contribution in [-0.2, 0) is 4.74 Å². The summed E-state index contributed by atoms with van der Waals surface area (Å²) in [5.74, 6) is 0. The van der Waals surface area contributed by atoms with E-state index in [0.717, 1.165) is 65.6 Å². The summed E-state index contributed by atoms with van der Waals surface area (Å²) in [6.07, 6.45) is 4.36. The highest BCUT2D eigenvalue weighted by Gasteiger charge is 2.20. The summed E-state index contributed by atoms with van der Waals surface area (Å²) in [4.78, 5) is 18.9. The van der Waals surface area contributed by atoms with Gasteiger partial charge < -0.3 is 15.0 Å². The molecule has 6 nitrogen and oxygen atoms in total. The molecular formula is C20H30N4O2. The van der Waals surface area contributed by atoms with Gasteiger partial charge in [-0.3, -0.25) is 9.80 Å². The van der Waals surface area contributed by atoms with Gasteiger partial charge in [-0.25, -0.2) is 4.79 Å². The fraction of sp³-hybridized carbons (Fsp3) is 0.550. The van der Waals surface area contributed by atoms with Crippen LogP contribution < -0.4 is 5.32 Å². The van der Waals surface area contributed by atoms with Gasteiger partial charge in [-0.05, 0) is 5.56 Å². The molecule has 0 radical (unpaired) electrons. The third-order valence-corrected chi connectivity index (χ3v) is 4.94. The second-order valence-corrected chi connectivity index (χ2v) is 6.79. The molecular weight excluding hydrogens is 328 g/mol. The molecule has 6 heteroatoms. The van der Waals surface area contributed by atoms with Gasteiger partial charge in [0.15, 0.2) is 0 Å². The van der Waals surface area contributed by atoms with Gasteiger partial charge >= 0.3 is 6.03 Å². The summed E-state index contributed by atoms with van der Waals surface area (Å²) >= 11 is 0. The lowest BCUT2D eigenvalue weighted by Crippen LogP contribution is -2.52.